The third-order valence-corrected chi connectivity index (χ3v) is 4.28. The molecule has 0 spiro atoms. The number of hydrogen-bond acceptors (Lipinski definition) is 5. The monoisotopic (exact) mass is 335 g/mol. The Kier molecular flexibility index (Phi) is 5.33. The fourth-order valence-electron chi connectivity index (χ4n) is 2.82. The van der Waals surface area contributed by atoms with E-state index in [1.54, 1.807) is 0 Å². The van der Waals surface area contributed by atoms with E-state index in [9.17, 15) is 0 Å². The number of aryl methyl sites for hydroxylation is 1. The van der Waals surface area contributed by atoms with E-state index >= 15 is 0 Å². The summed E-state index contributed by atoms with van der Waals surface area (Å²) in [5.74, 6) is 1.47. The van der Waals surface area contributed by atoms with Gasteiger partial charge in [0.05, 0.1) is 18.4 Å². The zero-order valence-electron chi connectivity index (χ0n) is 13.3. The standard InChI is InChI=1S/C17H22ClN3O2/c1-12-16(11-21-7-8-22-15(10-21)5-6-19)20-17(23-12)13-3-2-4-14(18)9-13/h2-4,9,15H,5-8,10-11,19H2,1H3. The van der Waals surface area contributed by atoms with E-state index < -0.39 is 0 Å². The van der Waals surface area contributed by atoms with Gasteiger partial charge in [-0.05, 0) is 38.1 Å². The lowest BCUT2D eigenvalue weighted by molar-refractivity contribution is -0.0339. The molecule has 5 nitrogen and oxygen atoms in total. The second-order valence-electron chi connectivity index (χ2n) is 5.84. The van der Waals surface area contributed by atoms with Crippen molar-refractivity contribution in [2.24, 2.45) is 5.73 Å². The number of ether oxygens (including phenoxy) is 1. The van der Waals surface area contributed by atoms with Crippen LogP contribution in [0, 0.1) is 6.92 Å². The smallest absolute Gasteiger partial charge is 0.226 e. The molecule has 1 aromatic heterocycles. The summed E-state index contributed by atoms with van der Waals surface area (Å²) < 4.78 is 11.5. The van der Waals surface area contributed by atoms with Crippen LogP contribution in [0.2, 0.25) is 5.02 Å². The van der Waals surface area contributed by atoms with E-state index in [0.29, 0.717) is 17.5 Å². The molecule has 1 saturated heterocycles. The lowest BCUT2D eigenvalue weighted by Crippen LogP contribution is -2.42. The van der Waals surface area contributed by atoms with E-state index in [0.717, 1.165) is 49.7 Å². The molecule has 3 rings (SSSR count). The van der Waals surface area contributed by atoms with Gasteiger partial charge in [-0.3, -0.25) is 4.90 Å². The minimum Gasteiger partial charge on any atom is -0.441 e. The number of aromatic nitrogens is 1. The molecule has 1 aliphatic heterocycles. The SMILES string of the molecule is Cc1oc(-c2cccc(Cl)c2)nc1CN1CCOC(CCN)C1. The molecular weight excluding hydrogens is 314 g/mol. The molecule has 124 valence electrons. The molecule has 1 aromatic carbocycles. The van der Waals surface area contributed by atoms with Crippen molar-refractivity contribution >= 4 is 11.6 Å². The molecule has 0 saturated carbocycles. The van der Waals surface area contributed by atoms with Crippen molar-refractivity contribution in [2.75, 3.05) is 26.2 Å². The molecule has 0 aliphatic carbocycles. The van der Waals surface area contributed by atoms with Crippen LogP contribution in [0.4, 0.5) is 0 Å². The van der Waals surface area contributed by atoms with Gasteiger partial charge >= 0.3 is 0 Å². The van der Waals surface area contributed by atoms with Crippen LogP contribution in [0.3, 0.4) is 0 Å². The number of halogens is 1. The molecule has 23 heavy (non-hydrogen) atoms. The highest BCUT2D eigenvalue weighted by atomic mass is 35.5. The van der Waals surface area contributed by atoms with E-state index in [-0.39, 0.29) is 6.10 Å². The quantitative estimate of drug-likeness (QED) is 0.910. The summed E-state index contributed by atoms with van der Waals surface area (Å²) in [4.78, 5) is 7.00. The number of nitrogens with two attached hydrogens (primary N) is 1. The van der Waals surface area contributed by atoms with Crippen LogP contribution in [-0.2, 0) is 11.3 Å². The largest absolute Gasteiger partial charge is 0.441 e. The lowest BCUT2D eigenvalue weighted by atomic mass is 10.2. The Balaban J connectivity index is 1.71. The fraction of sp³-hybridized carbons (Fsp3) is 0.471. The van der Waals surface area contributed by atoms with Gasteiger partial charge in [-0.15, -0.1) is 0 Å². The zero-order valence-corrected chi connectivity index (χ0v) is 14.1. The molecule has 1 fully saturated rings. The molecule has 6 heteroatoms. The molecule has 0 bridgehead atoms. The van der Waals surface area contributed by atoms with Crippen LogP contribution in [0.25, 0.3) is 11.5 Å². The van der Waals surface area contributed by atoms with Crippen LogP contribution >= 0.6 is 11.6 Å². The Hall–Kier alpha value is -1.40. The van der Waals surface area contributed by atoms with Crippen molar-refractivity contribution in [2.45, 2.75) is 26.0 Å². The highest BCUT2D eigenvalue weighted by Crippen LogP contribution is 2.25. The van der Waals surface area contributed by atoms with Gasteiger partial charge in [-0.1, -0.05) is 17.7 Å². The van der Waals surface area contributed by atoms with E-state index in [1.807, 2.05) is 31.2 Å². The molecule has 1 unspecified atom stereocenters. The summed E-state index contributed by atoms with van der Waals surface area (Å²) in [6.07, 6.45) is 1.11. The summed E-state index contributed by atoms with van der Waals surface area (Å²) in [6.45, 7) is 5.90. The van der Waals surface area contributed by atoms with Crippen LogP contribution in [0.15, 0.2) is 28.7 Å². The topological polar surface area (TPSA) is 64.5 Å². The van der Waals surface area contributed by atoms with Gasteiger partial charge in [0, 0.05) is 30.2 Å². The molecule has 0 radical (unpaired) electrons. The van der Waals surface area contributed by atoms with Gasteiger partial charge in [0.1, 0.15) is 5.76 Å². The third kappa shape index (κ3) is 4.12. The number of rotatable bonds is 5. The molecular formula is C17H22ClN3O2. The van der Waals surface area contributed by atoms with Crippen molar-refractivity contribution in [1.29, 1.82) is 0 Å². The Morgan fingerprint density at radius 2 is 2.30 bits per heavy atom. The minimum absolute atomic E-state index is 0.216. The second kappa shape index (κ2) is 7.45. The molecule has 1 aliphatic rings. The third-order valence-electron chi connectivity index (χ3n) is 4.05. The Bertz CT molecular complexity index is 657. The van der Waals surface area contributed by atoms with Crippen molar-refractivity contribution in [3.8, 4) is 11.5 Å². The summed E-state index contributed by atoms with van der Waals surface area (Å²) in [6, 6.07) is 7.55. The zero-order chi connectivity index (χ0) is 16.2. The average molecular weight is 336 g/mol. The van der Waals surface area contributed by atoms with Crippen molar-refractivity contribution in [1.82, 2.24) is 9.88 Å². The highest BCUT2D eigenvalue weighted by Gasteiger charge is 2.22. The van der Waals surface area contributed by atoms with Crippen LogP contribution in [0.5, 0.6) is 0 Å². The Labute approximate surface area is 141 Å². The van der Waals surface area contributed by atoms with Crippen molar-refractivity contribution in [3.05, 3.63) is 40.7 Å². The normalized spacial score (nSPS) is 19.2. The average Bonchev–Trinajstić information content (AvgIpc) is 2.89. The number of hydrogen-bond donors (Lipinski definition) is 1. The van der Waals surface area contributed by atoms with Gasteiger partial charge in [0.25, 0.3) is 0 Å². The number of morpholine rings is 1. The lowest BCUT2D eigenvalue weighted by Gasteiger charge is -2.32. The molecule has 2 aromatic rings. The first-order chi connectivity index (χ1) is 11.2. The number of nitrogens with zero attached hydrogens (tertiary/aromatic N) is 2. The number of oxazole rings is 1. The minimum atomic E-state index is 0.216. The molecule has 2 N–H and O–H groups in total. The van der Waals surface area contributed by atoms with Crippen LogP contribution < -0.4 is 5.73 Å². The first kappa shape index (κ1) is 16.5. The molecule has 1 atom stereocenters. The van der Waals surface area contributed by atoms with E-state index in [4.69, 9.17) is 26.5 Å². The predicted molar refractivity (Wildman–Crippen MR) is 90.4 cm³/mol. The molecule has 0 amide bonds. The second-order valence-corrected chi connectivity index (χ2v) is 6.27. The molecule has 2 heterocycles. The maximum Gasteiger partial charge on any atom is 0.226 e. The Morgan fingerprint density at radius 1 is 1.43 bits per heavy atom. The Morgan fingerprint density at radius 3 is 3.09 bits per heavy atom. The maximum absolute atomic E-state index is 6.04. The van der Waals surface area contributed by atoms with Gasteiger partial charge < -0.3 is 14.9 Å². The van der Waals surface area contributed by atoms with E-state index in [2.05, 4.69) is 9.88 Å². The van der Waals surface area contributed by atoms with Crippen LogP contribution in [-0.4, -0.2) is 42.2 Å². The van der Waals surface area contributed by atoms with Gasteiger partial charge in [-0.25, -0.2) is 4.98 Å². The summed E-state index contributed by atoms with van der Waals surface area (Å²) >= 11 is 6.04. The van der Waals surface area contributed by atoms with Crippen LogP contribution in [0.1, 0.15) is 17.9 Å². The van der Waals surface area contributed by atoms with Gasteiger partial charge in [0.15, 0.2) is 0 Å². The van der Waals surface area contributed by atoms with Crippen molar-refractivity contribution in [3.63, 3.8) is 0 Å². The summed E-state index contributed by atoms with van der Waals surface area (Å²) in [5.41, 5.74) is 7.49. The predicted octanol–water partition coefficient (Wildman–Crippen LogP) is 2.85. The van der Waals surface area contributed by atoms with E-state index in [1.165, 1.54) is 0 Å². The summed E-state index contributed by atoms with van der Waals surface area (Å²) in [5, 5.41) is 0.678. The van der Waals surface area contributed by atoms with Gasteiger partial charge in [-0.2, -0.15) is 0 Å². The first-order valence-corrected chi connectivity index (χ1v) is 8.30. The van der Waals surface area contributed by atoms with Crippen molar-refractivity contribution < 1.29 is 9.15 Å². The highest BCUT2D eigenvalue weighted by molar-refractivity contribution is 6.30. The first-order valence-electron chi connectivity index (χ1n) is 7.92. The van der Waals surface area contributed by atoms with Gasteiger partial charge in [0.2, 0.25) is 5.89 Å². The maximum atomic E-state index is 6.04. The fourth-order valence-corrected chi connectivity index (χ4v) is 3.01. The summed E-state index contributed by atoms with van der Waals surface area (Å²) in [7, 11) is 0. The number of benzene rings is 1.